The predicted molar refractivity (Wildman–Crippen MR) is 70.4 cm³/mol. The molecule has 96 valence electrons. The summed E-state index contributed by atoms with van der Waals surface area (Å²) in [5.74, 6) is 0.674. The average Bonchev–Trinajstić information content (AvgIpc) is 2.78. The van der Waals surface area contributed by atoms with Crippen molar-refractivity contribution in [3.05, 3.63) is 30.6 Å². The van der Waals surface area contributed by atoms with Crippen LogP contribution in [-0.4, -0.2) is 30.1 Å². The van der Waals surface area contributed by atoms with Crippen LogP contribution in [0.5, 0.6) is 5.75 Å². The first kappa shape index (κ1) is 12.4. The van der Waals surface area contributed by atoms with E-state index in [-0.39, 0.29) is 0 Å². The second-order valence-electron chi connectivity index (χ2n) is 4.00. The van der Waals surface area contributed by atoms with Crippen LogP contribution in [0.15, 0.2) is 30.6 Å². The van der Waals surface area contributed by atoms with Gasteiger partial charge in [-0.2, -0.15) is 5.10 Å². The first-order valence-electron chi connectivity index (χ1n) is 5.71. The van der Waals surface area contributed by atoms with Crippen molar-refractivity contribution in [1.29, 1.82) is 0 Å². The average molecular weight is 247 g/mol. The molecule has 0 unspecified atom stereocenters. The van der Waals surface area contributed by atoms with E-state index in [4.69, 9.17) is 15.2 Å². The van der Waals surface area contributed by atoms with Crippen LogP contribution in [0.1, 0.15) is 0 Å². The van der Waals surface area contributed by atoms with Crippen molar-refractivity contribution in [3.63, 3.8) is 0 Å². The molecule has 0 atom stereocenters. The van der Waals surface area contributed by atoms with Crippen molar-refractivity contribution >= 4 is 5.69 Å². The zero-order valence-electron chi connectivity index (χ0n) is 10.6. The van der Waals surface area contributed by atoms with Crippen LogP contribution >= 0.6 is 0 Å². The van der Waals surface area contributed by atoms with E-state index in [1.165, 1.54) is 0 Å². The van der Waals surface area contributed by atoms with Gasteiger partial charge in [0.25, 0.3) is 0 Å². The molecule has 5 nitrogen and oxygen atoms in total. The van der Waals surface area contributed by atoms with Gasteiger partial charge < -0.3 is 15.2 Å². The molecule has 0 saturated heterocycles. The third-order valence-electron chi connectivity index (χ3n) is 2.60. The molecular formula is C13H17N3O2. The summed E-state index contributed by atoms with van der Waals surface area (Å²) in [4.78, 5) is 0. The van der Waals surface area contributed by atoms with Crippen molar-refractivity contribution in [2.45, 2.75) is 0 Å². The number of rotatable bonds is 5. The van der Waals surface area contributed by atoms with Crippen LogP contribution in [0, 0.1) is 0 Å². The molecule has 0 fully saturated rings. The second-order valence-corrected chi connectivity index (χ2v) is 4.00. The predicted octanol–water partition coefficient (Wildman–Crippen LogP) is 1.69. The van der Waals surface area contributed by atoms with Gasteiger partial charge in [-0.3, -0.25) is 4.68 Å². The van der Waals surface area contributed by atoms with Crippen molar-refractivity contribution in [2.75, 3.05) is 26.1 Å². The fourth-order valence-corrected chi connectivity index (χ4v) is 1.64. The van der Waals surface area contributed by atoms with Gasteiger partial charge >= 0.3 is 0 Å². The van der Waals surface area contributed by atoms with E-state index in [9.17, 15) is 0 Å². The van der Waals surface area contributed by atoms with Gasteiger partial charge in [0.2, 0.25) is 0 Å². The van der Waals surface area contributed by atoms with Crippen molar-refractivity contribution in [3.8, 4) is 16.9 Å². The summed E-state index contributed by atoms with van der Waals surface area (Å²) in [6, 6.07) is 5.71. The summed E-state index contributed by atoms with van der Waals surface area (Å²) >= 11 is 0. The first-order chi connectivity index (χ1) is 8.70. The van der Waals surface area contributed by atoms with Gasteiger partial charge in [-0.25, -0.2) is 0 Å². The number of nitrogens with two attached hydrogens (primary N) is 1. The fraction of sp³-hybridized carbons (Fsp3) is 0.308. The Hall–Kier alpha value is -2.01. The quantitative estimate of drug-likeness (QED) is 0.645. The van der Waals surface area contributed by atoms with Crippen LogP contribution in [0.4, 0.5) is 5.69 Å². The lowest BCUT2D eigenvalue weighted by Gasteiger charge is -2.09. The molecule has 5 heteroatoms. The summed E-state index contributed by atoms with van der Waals surface area (Å²) in [6.45, 7) is 1.02. The second kappa shape index (κ2) is 5.55. The number of methoxy groups -OCH3 is 1. The number of hydrogen-bond donors (Lipinski definition) is 1. The standard InChI is InChI=1S/C13H17N3O2/c1-16-9-11(8-15-16)10-3-4-12(14)13(7-10)18-6-5-17-2/h3-4,7-9H,5-6,14H2,1-2H3. The summed E-state index contributed by atoms with van der Waals surface area (Å²) in [7, 11) is 3.52. The highest BCUT2D eigenvalue weighted by molar-refractivity contribution is 5.68. The molecule has 0 bridgehead atoms. The number of nitrogens with zero attached hydrogens (tertiary/aromatic N) is 2. The Bertz CT molecular complexity index is 523. The lowest BCUT2D eigenvalue weighted by atomic mass is 10.1. The van der Waals surface area contributed by atoms with E-state index >= 15 is 0 Å². The van der Waals surface area contributed by atoms with E-state index in [2.05, 4.69) is 5.10 Å². The number of nitrogen functional groups attached to an aromatic ring is 1. The topological polar surface area (TPSA) is 62.3 Å². The zero-order chi connectivity index (χ0) is 13.0. The van der Waals surface area contributed by atoms with E-state index in [0.29, 0.717) is 24.7 Å². The highest BCUT2D eigenvalue weighted by Crippen LogP contribution is 2.28. The minimum Gasteiger partial charge on any atom is -0.489 e. The van der Waals surface area contributed by atoms with Crippen LogP contribution in [-0.2, 0) is 11.8 Å². The molecule has 0 aliphatic heterocycles. The number of aryl methyl sites for hydroxylation is 1. The molecule has 0 aliphatic carbocycles. The van der Waals surface area contributed by atoms with Gasteiger partial charge in [-0.1, -0.05) is 6.07 Å². The Morgan fingerprint density at radius 2 is 2.11 bits per heavy atom. The fourth-order valence-electron chi connectivity index (χ4n) is 1.64. The largest absolute Gasteiger partial charge is 0.489 e. The minimum absolute atomic E-state index is 0.483. The molecule has 0 spiro atoms. The van der Waals surface area contributed by atoms with Crippen LogP contribution in [0.2, 0.25) is 0 Å². The minimum atomic E-state index is 0.483. The van der Waals surface area contributed by atoms with Gasteiger partial charge in [0.1, 0.15) is 12.4 Å². The number of ether oxygens (including phenoxy) is 2. The number of anilines is 1. The van der Waals surface area contributed by atoms with Crippen LogP contribution < -0.4 is 10.5 Å². The van der Waals surface area contributed by atoms with Gasteiger partial charge in [0.05, 0.1) is 18.5 Å². The molecule has 0 radical (unpaired) electrons. The van der Waals surface area contributed by atoms with Crippen molar-refractivity contribution in [2.24, 2.45) is 7.05 Å². The lowest BCUT2D eigenvalue weighted by Crippen LogP contribution is -2.05. The third kappa shape index (κ3) is 2.81. The summed E-state index contributed by atoms with van der Waals surface area (Å²) in [5, 5.41) is 4.15. The van der Waals surface area contributed by atoms with Gasteiger partial charge in [-0.05, 0) is 17.7 Å². The molecule has 2 aromatic rings. The molecule has 2 N–H and O–H groups in total. The molecule has 1 heterocycles. The summed E-state index contributed by atoms with van der Waals surface area (Å²) < 4.78 is 12.3. The Morgan fingerprint density at radius 1 is 1.28 bits per heavy atom. The highest BCUT2D eigenvalue weighted by Gasteiger charge is 2.05. The molecule has 2 rings (SSSR count). The summed E-state index contributed by atoms with van der Waals surface area (Å²) in [6.07, 6.45) is 3.76. The Morgan fingerprint density at radius 3 is 2.78 bits per heavy atom. The van der Waals surface area contributed by atoms with E-state index in [1.807, 2.05) is 37.6 Å². The number of benzene rings is 1. The van der Waals surface area contributed by atoms with Gasteiger partial charge in [0.15, 0.2) is 0 Å². The Kier molecular flexibility index (Phi) is 3.84. The lowest BCUT2D eigenvalue weighted by molar-refractivity contribution is 0.147. The van der Waals surface area contributed by atoms with E-state index in [1.54, 1.807) is 11.8 Å². The maximum atomic E-state index is 5.87. The molecule has 0 amide bonds. The number of hydrogen-bond acceptors (Lipinski definition) is 4. The van der Waals surface area contributed by atoms with Crippen molar-refractivity contribution in [1.82, 2.24) is 9.78 Å². The SMILES string of the molecule is COCCOc1cc(-c2cnn(C)c2)ccc1N. The molecule has 18 heavy (non-hydrogen) atoms. The monoisotopic (exact) mass is 247 g/mol. The first-order valence-corrected chi connectivity index (χ1v) is 5.71. The Labute approximate surface area is 106 Å². The van der Waals surface area contributed by atoms with Gasteiger partial charge in [-0.15, -0.1) is 0 Å². The zero-order valence-corrected chi connectivity index (χ0v) is 10.6. The third-order valence-corrected chi connectivity index (χ3v) is 2.60. The van der Waals surface area contributed by atoms with Crippen molar-refractivity contribution < 1.29 is 9.47 Å². The van der Waals surface area contributed by atoms with E-state index in [0.717, 1.165) is 11.1 Å². The molecule has 1 aromatic heterocycles. The maximum absolute atomic E-state index is 5.87. The normalized spacial score (nSPS) is 10.6. The van der Waals surface area contributed by atoms with E-state index < -0.39 is 0 Å². The Balaban J connectivity index is 2.20. The van der Waals surface area contributed by atoms with Gasteiger partial charge in [0, 0.05) is 25.9 Å². The highest BCUT2D eigenvalue weighted by atomic mass is 16.5. The smallest absolute Gasteiger partial charge is 0.142 e. The molecule has 1 aromatic carbocycles. The molecular weight excluding hydrogens is 230 g/mol. The number of aromatic nitrogens is 2. The molecule has 0 aliphatic rings. The summed E-state index contributed by atoms with van der Waals surface area (Å²) in [5.41, 5.74) is 8.56. The van der Waals surface area contributed by atoms with Crippen LogP contribution in [0.3, 0.4) is 0 Å². The molecule has 0 saturated carbocycles. The van der Waals surface area contributed by atoms with Crippen LogP contribution in [0.25, 0.3) is 11.1 Å². The maximum Gasteiger partial charge on any atom is 0.142 e.